The molecule has 5 heterocycles. The van der Waals surface area contributed by atoms with Gasteiger partial charge >= 0.3 is 0 Å². The third kappa shape index (κ3) is 3.45. The number of hydrogen-bond donors (Lipinski definition) is 0. The van der Waals surface area contributed by atoms with Gasteiger partial charge in [-0.2, -0.15) is 0 Å². The summed E-state index contributed by atoms with van der Waals surface area (Å²) in [5.41, 5.74) is 13.3. The lowest BCUT2D eigenvalue weighted by atomic mass is 9.33. The Labute approximate surface area is 278 Å². The smallest absolute Gasteiger partial charge is 0.279 e. The molecule has 0 radical (unpaired) electrons. The van der Waals surface area contributed by atoms with Crippen molar-refractivity contribution >= 4 is 80.5 Å². The van der Waals surface area contributed by atoms with Crippen molar-refractivity contribution in [1.29, 1.82) is 0 Å². The highest BCUT2D eigenvalue weighted by Gasteiger charge is 2.47. The van der Waals surface area contributed by atoms with Crippen molar-refractivity contribution in [3.63, 3.8) is 0 Å². The summed E-state index contributed by atoms with van der Waals surface area (Å²) in [7, 11) is 0. The normalized spacial score (nSPS) is 14.0. The molecule has 0 bridgehead atoms. The highest BCUT2D eigenvalue weighted by Crippen LogP contribution is 2.42. The van der Waals surface area contributed by atoms with Crippen LogP contribution < -0.4 is 52.2 Å². The molecular weight excluding hydrogens is 588 g/mol. The molecule has 7 heteroatoms. The van der Waals surface area contributed by atoms with E-state index in [1.54, 1.807) is 0 Å². The van der Waals surface area contributed by atoms with Gasteiger partial charge in [-0.25, -0.2) is 4.98 Å². The lowest BCUT2D eigenvalue weighted by molar-refractivity contribution is 0.459. The van der Waals surface area contributed by atoms with Crippen molar-refractivity contribution in [2.45, 2.75) is 0 Å². The quantitative estimate of drug-likeness (QED) is 0.228. The van der Waals surface area contributed by atoms with Gasteiger partial charge in [0.05, 0.1) is 5.59 Å². The molecule has 0 fully saturated rings. The minimum Gasteiger partial charge on any atom is -0.457 e. The molecule has 4 aliphatic rings. The van der Waals surface area contributed by atoms with E-state index >= 15 is 0 Å². The summed E-state index contributed by atoms with van der Waals surface area (Å²) in [6, 6.07) is 53.4. The Bertz CT molecular complexity index is 2280. The Morgan fingerprint density at radius 1 is 0.417 bits per heavy atom. The number of para-hydroxylation sites is 4. The molecule has 0 N–H and O–H groups in total. The van der Waals surface area contributed by atoms with E-state index in [0.29, 0.717) is 5.88 Å². The molecule has 11 rings (SSSR count). The maximum atomic E-state index is 6.84. The Balaban J connectivity index is 1.13. The summed E-state index contributed by atoms with van der Waals surface area (Å²) >= 11 is 0. The third-order valence-electron chi connectivity index (χ3n) is 10.2. The average molecular weight is 613 g/mol. The van der Waals surface area contributed by atoms with Gasteiger partial charge in [0.25, 0.3) is 13.4 Å². The largest absolute Gasteiger partial charge is 0.457 e. The van der Waals surface area contributed by atoms with E-state index in [1.807, 2.05) is 0 Å². The van der Waals surface area contributed by atoms with Gasteiger partial charge in [-0.1, -0.05) is 84.9 Å². The molecule has 0 unspecified atom stereocenters. The van der Waals surface area contributed by atoms with Crippen LogP contribution in [0.25, 0.3) is 0 Å². The molecule has 0 saturated carbocycles. The van der Waals surface area contributed by atoms with Crippen LogP contribution in [0.2, 0.25) is 0 Å². The van der Waals surface area contributed by atoms with Crippen molar-refractivity contribution in [3.05, 3.63) is 152 Å². The molecule has 222 valence electrons. The van der Waals surface area contributed by atoms with E-state index in [1.165, 1.54) is 10.9 Å². The van der Waals surface area contributed by atoms with E-state index in [0.717, 1.165) is 73.4 Å². The van der Waals surface area contributed by atoms with Gasteiger partial charge in [0.15, 0.2) is 0 Å². The third-order valence-corrected chi connectivity index (χ3v) is 10.2. The summed E-state index contributed by atoms with van der Waals surface area (Å²) < 4.78 is 13.6. The number of benzene rings is 6. The maximum Gasteiger partial charge on any atom is 0.279 e. The highest BCUT2D eigenvalue weighted by atomic mass is 16.5. The van der Waals surface area contributed by atoms with Crippen molar-refractivity contribution < 1.29 is 9.47 Å². The van der Waals surface area contributed by atoms with Gasteiger partial charge in [0.2, 0.25) is 5.88 Å². The molecular formula is C41H25B2N3O2. The van der Waals surface area contributed by atoms with E-state index in [4.69, 9.17) is 14.5 Å². The zero-order valence-corrected chi connectivity index (χ0v) is 25.7. The number of ether oxygens (including phenoxy) is 2. The van der Waals surface area contributed by atoms with Crippen molar-refractivity contribution in [3.8, 4) is 23.1 Å². The Hall–Kier alpha value is -6.20. The van der Waals surface area contributed by atoms with E-state index in [9.17, 15) is 0 Å². The zero-order valence-electron chi connectivity index (χ0n) is 25.7. The Kier molecular flexibility index (Phi) is 5.22. The molecule has 0 atom stereocenters. The molecule has 4 aliphatic heterocycles. The van der Waals surface area contributed by atoms with Gasteiger partial charge in [-0.15, -0.1) is 0 Å². The first kappa shape index (κ1) is 25.9. The number of rotatable bonds is 2. The van der Waals surface area contributed by atoms with Gasteiger partial charge in [-0.05, 0) is 94.0 Å². The number of fused-ring (bicyclic) bond motifs is 8. The first-order valence-electron chi connectivity index (χ1n) is 16.4. The first-order valence-corrected chi connectivity index (χ1v) is 16.4. The van der Waals surface area contributed by atoms with Crippen LogP contribution in [-0.4, -0.2) is 18.4 Å². The molecule has 0 saturated heterocycles. The van der Waals surface area contributed by atoms with Crippen molar-refractivity contribution in [2.75, 3.05) is 9.80 Å². The van der Waals surface area contributed by atoms with Gasteiger partial charge in [0.1, 0.15) is 17.2 Å². The van der Waals surface area contributed by atoms with Gasteiger partial charge in [0, 0.05) is 34.1 Å². The van der Waals surface area contributed by atoms with E-state index in [-0.39, 0.29) is 13.4 Å². The fraction of sp³-hybridized carbons (Fsp3) is 0. The van der Waals surface area contributed by atoms with Gasteiger partial charge < -0.3 is 19.3 Å². The summed E-state index contributed by atoms with van der Waals surface area (Å²) in [5, 5.41) is 0. The molecule has 7 aromatic rings. The van der Waals surface area contributed by atoms with Crippen LogP contribution in [0.15, 0.2) is 152 Å². The van der Waals surface area contributed by atoms with E-state index < -0.39 is 0 Å². The lowest BCUT2D eigenvalue weighted by Crippen LogP contribution is -2.63. The highest BCUT2D eigenvalue weighted by molar-refractivity contribution is 7.00. The fourth-order valence-electron chi connectivity index (χ4n) is 8.28. The number of anilines is 6. The lowest BCUT2D eigenvalue weighted by Gasteiger charge is -2.41. The average Bonchev–Trinajstić information content (AvgIpc) is 3.14. The predicted molar refractivity (Wildman–Crippen MR) is 196 cm³/mol. The number of nitrogens with zero attached hydrogens (tertiary/aromatic N) is 3. The summed E-state index contributed by atoms with van der Waals surface area (Å²) in [6.45, 7) is -0.164. The minimum atomic E-state index is -0.107. The van der Waals surface area contributed by atoms with Crippen LogP contribution in [0.4, 0.5) is 34.1 Å². The molecule has 0 spiro atoms. The second-order valence-electron chi connectivity index (χ2n) is 12.7. The topological polar surface area (TPSA) is 37.8 Å². The van der Waals surface area contributed by atoms with Crippen molar-refractivity contribution in [1.82, 2.24) is 4.98 Å². The summed E-state index contributed by atoms with van der Waals surface area (Å²) in [5.74, 6) is 3.11. The number of aromatic nitrogens is 1. The number of hydrogen-bond acceptors (Lipinski definition) is 5. The first-order chi connectivity index (χ1) is 23.8. The SMILES string of the molecule is c1ccc(N2c3ccccc3B3c4cc5c(nc4Oc4cccc2c43)B2c3ccccc3N(c3ccccc3)c3cccc(c32)O5)cc1. The van der Waals surface area contributed by atoms with Crippen LogP contribution in [0, 0.1) is 0 Å². The summed E-state index contributed by atoms with van der Waals surface area (Å²) in [4.78, 5) is 10.1. The molecule has 5 nitrogen and oxygen atoms in total. The standard InChI is InChI=1S/C41H25B2N3O2/c1-3-13-26(14-4-1)45-31-19-9-7-17-28(31)42-30-25-37-40(44-41(30)48-36-24-12-21-33(45)38(36)42)43-29-18-8-10-20-32(29)46(27-15-5-2-6-16-27)34-22-11-23-35(47-37)39(34)43/h1-25H. The maximum absolute atomic E-state index is 6.84. The molecule has 48 heavy (non-hydrogen) atoms. The van der Waals surface area contributed by atoms with Crippen LogP contribution in [0.1, 0.15) is 0 Å². The van der Waals surface area contributed by atoms with Crippen LogP contribution in [-0.2, 0) is 0 Å². The number of pyridine rings is 1. The fourth-order valence-corrected chi connectivity index (χ4v) is 8.28. The summed E-state index contributed by atoms with van der Waals surface area (Å²) in [6.07, 6.45) is 0. The minimum absolute atomic E-state index is 0.0579. The second-order valence-corrected chi connectivity index (χ2v) is 12.7. The predicted octanol–water partition coefficient (Wildman–Crippen LogP) is 5.89. The second kappa shape index (κ2) is 9.66. The molecule has 6 aromatic carbocycles. The molecule has 1 aromatic heterocycles. The van der Waals surface area contributed by atoms with Gasteiger partial charge in [-0.3, -0.25) is 0 Å². The monoisotopic (exact) mass is 613 g/mol. The molecule has 0 aliphatic carbocycles. The van der Waals surface area contributed by atoms with Crippen LogP contribution in [0.5, 0.6) is 23.1 Å². The van der Waals surface area contributed by atoms with Crippen LogP contribution >= 0.6 is 0 Å². The zero-order chi connectivity index (χ0) is 31.3. The van der Waals surface area contributed by atoms with E-state index in [2.05, 4.69) is 161 Å². The van der Waals surface area contributed by atoms with Crippen LogP contribution in [0.3, 0.4) is 0 Å². The Morgan fingerprint density at radius 2 is 0.917 bits per heavy atom. The molecule has 0 amide bonds. The Morgan fingerprint density at radius 3 is 1.54 bits per heavy atom. The van der Waals surface area contributed by atoms with Crippen molar-refractivity contribution in [2.24, 2.45) is 0 Å².